The monoisotopic (exact) mass is 390 g/mol. The second kappa shape index (κ2) is 8.35. The summed E-state index contributed by atoms with van der Waals surface area (Å²) < 4.78 is 5.36. The van der Waals surface area contributed by atoms with Gasteiger partial charge in [0.25, 0.3) is 0 Å². The van der Waals surface area contributed by atoms with E-state index in [1.807, 2.05) is 18.2 Å². The summed E-state index contributed by atoms with van der Waals surface area (Å²) in [6.07, 6.45) is 5.57. The SMILES string of the molecule is CC=CC(=O)Nc1cccc(C(=O)/C=C2\NC(C)(C)Cc3ccc(OC)cc32)c1. The number of anilines is 1. The normalized spacial score (nSPS) is 16.2. The Labute approximate surface area is 171 Å². The van der Waals surface area contributed by atoms with E-state index in [1.165, 1.54) is 11.6 Å². The van der Waals surface area contributed by atoms with Gasteiger partial charge in [0, 0.05) is 34.1 Å². The van der Waals surface area contributed by atoms with E-state index in [1.54, 1.807) is 50.5 Å². The van der Waals surface area contributed by atoms with Crippen LogP contribution >= 0.6 is 0 Å². The van der Waals surface area contributed by atoms with Gasteiger partial charge in [-0.15, -0.1) is 0 Å². The molecule has 150 valence electrons. The molecule has 0 atom stereocenters. The van der Waals surface area contributed by atoms with E-state index in [4.69, 9.17) is 4.74 Å². The molecule has 3 rings (SSSR count). The van der Waals surface area contributed by atoms with Gasteiger partial charge in [-0.25, -0.2) is 0 Å². The number of fused-ring (bicyclic) bond motifs is 1. The number of amides is 1. The minimum absolute atomic E-state index is 0.138. The molecule has 1 aliphatic heterocycles. The minimum Gasteiger partial charge on any atom is -0.497 e. The lowest BCUT2D eigenvalue weighted by molar-refractivity contribution is -0.111. The van der Waals surface area contributed by atoms with Gasteiger partial charge < -0.3 is 15.4 Å². The number of ketones is 1. The molecule has 5 nitrogen and oxygen atoms in total. The molecule has 1 aliphatic rings. The highest BCUT2D eigenvalue weighted by Crippen LogP contribution is 2.32. The Hall–Kier alpha value is -3.34. The van der Waals surface area contributed by atoms with Crippen molar-refractivity contribution >= 4 is 23.1 Å². The third-order valence-electron chi connectivity index (χ3n) is 4.72. The highest BCUT2D eigenvalue weighted by atomic mass is 16.5. The summed E-state index contributed by atoms with van der Waals surface area (Å²) in [5.41, 5.74) is 3.82. The molecule has 2 aromatic carbocycles. The number of allylic oxidation sites excluding steroid dienone is 2. The van der Waals surface area contributed by atoms with Crippen LogP contribution < -0.4 is 15.4 Å². The van der Waals surface area contributed by atoms with Crippen LogP contribution in [0.2, 0.25) is 0 Å². The van der Waals surface area contributed by atoms with Crippen LogP contribution in [0.4, 0.5) is 5.69 Å². The first kappa shape index (κ1) is 20.4. The molecule has 0 saturated carbocycles. The Morgan fingerprint density at radius 3 is 2.69 bits per heavy atom. The molecule has 1 amide bonds. The molecular formula is C24H26N2O3. The highest BCUT2D eigenvalue weighted by molar-refractivity contribution is 6.09. The Kier molecular flexibility index (Phi) is 5.87. The summed E-state index contributed by atoms with van der Waals surface area (Å²) in [5, 5.41) is 6.23. The minimum atomic E-state index is -0.229. The Morgan fingerprint density at radius 2 is 1.97 bits per heavy atom. The number of carbonyl (C=O) groups excluding carboxylic acids is 2. The fourth-order valence-corrected chi connectivity index (χ4v) is 3.45. The number of hydrogen-bond acceptors (Lipinski definition) is 4. The summed E-state index contributed by atoms with van der Waals surface area (Å²) in [5.74, 6) is 0.380. The summed E-state index contributed by atoms with van der Waals surface area (Å²) in [7, 11) is 1.63. The molecule has 0 fully saturated rings. The topological polar surface area (TPSA) is 67.4 Å². The Balaban J connectivity index is 1.94. The first-order chi connectivity index (χ1) is 13.8. The van der Waals surface area contributed by atoms with Crippen molar-refractivity contribution in [2.45, 2.75) is 32.7 Å². The zero-order chi connectivity index (χ0) is 21.0. The molecule has 2 aromatic rings. The molecule has 0 radical (unpaired) electrons. The standard InChI is InChI=1S/C24H26N2O3/c1-5-7-23(28)25-18-9-6-8-16(12-18)22(27)14-21-20-13-19(29-4)11-10-17(20)15-24(2,3)26-21/h5-14,26H,15H2,1-4H3,(H,25,28)/b7-5?,21-14-. The van der Waals surface area contributed by atoms with E-state index < -0.39 is 0 Å². The number of rotatable bonds is 5. The van der Waals surface area contributed by atoms with Crippen molar-refractivity contribution in [3.8, 4) is 5.75 Å². The van der Waals surface area contributed by atoms with E-state index >= 15 is 0 Å². The maximum absolute atomic E-state index is 13.0. The van der Waals surface area contributed by atoms with E-state index in [2.05, 4.69) is 24.5 Å². The van der Waals surface area contributed by atoms with E-state index in [9.17, 15) is 9.59 Å². The lowest BCUT2D eigenvalue weighted by atomic mass is 9.85. The van der Waals surface area contributed by atoms with Crippen molar-refractivity contribution in [1.29, 1.82) is 0 Å². The fourth-order valence-electron chi connectivity index (χ4n) is 3.45. The fraction of sp³-hybridized carbons (Fsp3) is 0.250. The molecule has 29 heavy (non-hydrogen) atoms. The second-order valence-corrected chi connectivity index (χ2v) is 7.70. The summed E-state index contributed by atoms with van der Waals surface area (Å²) in [6.45, 7) is 5.99. The predicted molar refractivity (Wildman–Crippen MR) is 116 cm³/mol. The zero-order valence-electron chi connectivity index (χ0n) is 17.2. The van der Waals surface area contributed by atoms with Gasteiger partial charge in [0.15, 0.2) is 5.78 Å². The van der Waals surface area contributed by atoms with Gasteiger partial charge in [0.1, 0.15) is 5.75 Å². The molecular weight excluding hydrogens is 364 g/mol. The van der Waals surface area contributed by atoms with Crippen LogP contribution in [0, 0.1) is 0 Å². The van der Waals surface area contributed by atoms with Crippen LogP contribution in [0.5, 0.6) is 5.75 Å². The van der Waals surface area contributed by atoms with Crippen molar-refractivity contribution in [2.24, 2.45) is 0 Å². The smallest absolute Gasteiger partial charge is 0.248 e. The van der Waals surface area contributed by atoms with Crippen molar-refractivity contribution in [1.82, 2.24) is 5.32 Å². The number of benzene rings is 2. The van der Waals surface area contributed by atoms with Crippen LogP contribution in [0.3, 0.4) is 0 Å². The molecule has 0 saturated heterocycles. The van der Waals surface area contributed by atoms with Gasteiger partial charge in [-0.1, -0.05) is 24.3 Å². The number of nitrogens with one attached hydrogen (secondary N) is 2. The number of carbonyl (C=O) groups is 2. The maximum Gasteiger partial charge on any atom is 0.248 e. The van der Waals surface area contributed by atoms with Crippen molar-refractivity contribution < 1.29 is 14.3 Å². The lowest BCUT2D eigenvalue weighted by Crippen LogP contribution is -2.43. The Bertz CT molecular complexity index is 1000. The van der Waals surface area contributed by atoms with Gasteiger partial charge in [-0.2, -0.15) is 0 Å². The van der Waals surface area contributed by atoms with Crippen LogP contribution in [-0.2, 0) is 11.2 Å². The predicted octanol–water partition coefficient (Wildman–Crippen LogP) is 4.36. The molecule has 0 spiro atoms. The Morgan fingerprint density at radius 1 is 1.17 bits per heavy atom. The van der Waals surface area contributed by atoms with Gasteiger partial charge >= 0.3 is 0 Å². The van der Waals surface area contributed by atoms with Crippen LogP contribution in [0.1, 0.15) is 42.3 Å². The highest BCUT2D eigenvalue weighted by Gasteiger charge is 2.28. The molecule has 0 aliphatic carbocycles. The second-order valence-electron chi connectivity index (χ2n) is 7.70. The largest absolute Gasteiger partial charge is 0.497 e. The number of methoxy groups -OCH3 is 1. The molecule has 0 unspecified atom stereocenters. The van der Waals surface area contributed by atoms with Gasteiger partial charge in [0.2, 0.25) is 5.91 Å². The van der Waals surface area contributed by atoms with Crippen molar-refractivity contribution in [3.05, 3.63) is 77.4 Å². The number of hydrogen-bond donors (Lipinski definition) is 2. The van der Waals surface area contributed by atoms with Crippen LogP contribution in [-0.4, -0.2) is 24.3 Å². The third kappa shape index (κ3) is 4.93. The molecule has 0 aromatic heterocycles. The zero-order valence-corrected chi connectivity index (χ0v) is 17.2. The van der Waals surface area contributed by atoms with Crippen molar-refractivity contribution in [2.75, 3.05) is 12.4 Å². The molecule has 1 heterocycles. The summed E-state index contributed by atoms with van der Waals surface area (Å²) >= 11 is 0. The summed E-state index contributed by atoms with van der Waals surface area (Å²) in [4.78, 5) is 24.7. The van der Waals surface area contributed by atoms with E-state index in [-0.39, 0.29) is 17.2 Å². The van der Waals surface area contributed by atoms with Crippen LogP contribution in [0.25, 0.3) is 5.70 Å². The quantitative estimate of drug-likeness (QED) is 0.588. The molecule has 0 bridgehead atoms. The average Bonchev–Trinajstić information content (AvgIpc) is 2.67. The molecule has 5 heteroatoms. The lowest BCUT2D eigenvalue weighted by Gasteiger charge is -2.35. The van der Waals surface area contributed by atoms with Gasteiger partial charge in [-0.3, -0.25) is 9.59 Å². The van der Waals surface area contributed by atoms with E-state index in [0.717, 1.165) is 23.4 Å². The van der Waals surface area contributed by atoms with Gasteiger partial charge in [0.05, 0.1) is 7.11 Å². The van der Waals surface area contributed by atoms with Crippen molar-refractivity contribution in [3.63, 3.8) is 0 Å². The molecule has 2 N–H and O–H groups in total. The van der Waals surface area contributed by atoms with Crippen LogP contribution in [0.15, 0.2) is 60.7 Å². The first-order valence-corrected chi connectivity index (χ1v) is 9.56. The summed E-state index contributed by atoms with van der Waals surface area (Å²) in [6, 6.07) is 12.9. The number of ether oxygens (including phenoxy) is 1. The van der Waals surface area contributed by atoms with E-state index in [0.29, 0.717) is 11.3 Å². The first-order valence-electron chi connectivity index (χ1n) is 9.56. The van der Waals surface area contributed by atoms with Gasteiger partial charge in [-0.05, 0) is 63.1 Å². The maximum atomic E-state index is 13.0. The average molecular weight is 390 g/mol. The third-order valence-corrected chi connectivity index (χ3v) is 4.72.